The van der Waals surface area contributed by atoms with Crippen LogP contribution < -0.4 is 0 Å². The largest absolute Gasteiger partial charge is 0.478 e. The van der Waals surface area contributed by atoms with Crippen LogP contribution in [0.15, 0.2) is 23.1 Å². The summed E-state index contributed by atoms with van der Waals surface area (Å²) < 4.78 is 0. The summed E-state index contributed by atoms with van der Waals surface area (Å²) in [5.74, 6) is -0.843. The van der Waals surface area contributed by atoms with E-state index in [-0.39, 0.29) is 0 Å². The quantitative estimate of drug-likeness (QED) is 0.755. The first kappa shape index (κ1) is 10.1. The fourth-order valence-corrected chi connectivity index (χ4v) is 1.66. The Morgan fingerprint density at radius 3 is 2.69 bits per heavy atom. The molecule has 0 bridgehead atoms. The molecule has 1 rings (SSSR count). The number of thioether (sulfide) groups is 1. The molecule has 0 aromatic heterocycles. The van der Waals surface area contributed by atoms with Crippen LogP contribution in [0.2, 0.25) is 0 Å². The van der Waals surface area contributed by atoms with Gasteiger partial charge in [0.1, 0.15) is 0 Å². The lowest BCUT2D eigenvalue weighted by atomic mass is 10.1. The molecule has 0 aliphatic rings. The van der Waals surface area contributed by atoms with E-state index in [1.54, 1.807) is 17.8 Å². The van der Waals surface area contributed by atoms with Crippen LogP contribution in [0.25, 0.3) is 0 Å². The van der Waals surface area contributed by atoms with Gasteiger partial charge in [0.25, 0.3) is 0 Å². The molecular weight excluding hydrogens is 184 g/mol. The van der Waals surface area contributed by atoms with Crippen molar-refractivity contribution in [3.63, 3.8) is 0 Å². The van der Waals surface area contributed by atoms with Crippen LogP contribution in [0.4, 0.5) is 0 Å². The summed E-state index contributed by atoms with van der Waals surface area (Å²) in [4.78, 5) is 11.9. The van der Waals surface area contributed by atoms with Crippen LogP contribution in [-0.4, -0.2) is 17.3 Å². The summed E-state index contributed by atoms with van der Waals surface area (Å²) in [6, 6.07) is 5.45. The molecule has 70 valence electrons. The third kappa shape index (κ3) is 2.25. The van der Waals surface area contributed by atoms with Crippen LogP contribution in [0.5, 0.6) is 0 Å². The lowest BCUT2D eigenvalue weighted by Crippen LogP contribution is -2.01. The van der Waals surface area contributed by atoms with E-state index in [1.807, 2.05) is 25.3 Å². The molecule has 13 heavy (non-hydrogen) atoms. The van der Waals surface area contributed by atoms with E-state index in [0.29, 0.717) is 5.56 Å². The van der Waals surface area contributed by atoms with E-state index in [4.69, 9.17) is 5.11 Å². The van der Waals surface area contributed by atoms with Crippen molar-refractivity contribution in [2.75, 3.05) is 6.26 Å². The van der Waals surface area contributed by atoms with Gasteiger partial charge in [-0.1, -0.05) is 6.92 Å². The monoisotopic (exact) mass is 196 g/mol. The molecule has 0 saturated heterocycles. The summed E-state index contributed by atoms with van der Waals surface area (Å²) in [6.07, 6.45) is 2.74. The maximum Gasteiger partial charge on any atom is 0.335 e. The van der Waals surface area contributed by atoms with E-state index >= 15 is 0 Å². The smallest absolute Gasteiger partial charge is 0.335 e. The fourth-order valence-electron chi connectivity index (χ4n) is 1.20. The number of carboxylic acids is 1. The molecule has 0 unspecified atom stereocenters. The van der Waals surface area contributed by atoms with Crippen molar-refractivity contribution in [3.05, 3.63) is 29.3 Å². The summed E-state index contributed by atoms with van der Waals surface area (Å²) in [7, 11) is 0. The van der Waals surface area contributed by atoms with Crippen LogP contribution in [0.3, 0.4) is 0 Å². The highest BCUT2D eigenvalue weighted by Gasteiger charge is 2.08. The first-order valence-corrected chi connectivity index (χ1v) is 5.31. The normalized spacial score (nSPS) is 10.0. The van der Waals surface area contributed by atoms with Gasteiger partial charge in [0.15, 0.2) is 0 Å². The zero-order chi connectivity index (χ0) is 9.84. The van der Waals surface area contributed by atoms with Crippen molar-refractivity contribution in [3.8, 4) is 0 Å². The van der Waals surface area contributed by atoms with Gasteiger partial charge in [0.05, 0.1) is 5.56 Å². The Labute approximate surface area is 82.0 Å². The Morgan fingerprint density at radius 2 is 2.23 bits per heavy atom. The minimum atomic E-state index is -0.843. The lowest BCUT2D eigenvalue weighted by molar-refractivity contribution is 0.0695. The first-order chi connectivity index (χ1) is 6.19. The average Bonchev–Trinajstić information content (AvgIpc) is 2.16. The predicted octanol–water partition coefficient (Wildman–Crippen LogP) is 2.67. The lowest BCUT2D eigenvalue weighted by Gasteiger charge is -2.04. The fraction of sp³-hybridized carbons (Fsp3) is 0.300. The molecule has 0 aliphatic carbocycles. The van der Waals surface area contributed by atoms with E-state index in [0.717, 1.165) is 16.9 Å². The number of rotatable bonds is 3. The maximum absolute atomic E-state index is 10.8. The summed E-state index contributed by atoms with van der Waals surface area (Å²) in [5.41, 5.74) is 1.32. The Morgan fingerprint density at radius 1 is 1.54 bits per heavy atom. The molecule has 1 aromatic carbocycles. The van der Waals surface area contributed by atoms with Gasteiger partial charge in [0, 0.05) is 4.90 Å². The van der Waals surface area contributed by atoms with Crippen LogP contribution in [-0.2, 0) is 6.42 Å². The van der Waals surface area contributed by atoms with Crippen molar-refractivity contribution < 1.29 is 9.90 Å². The van der Waals surface area contributed by atoms with E-state index < -0.39 is 5.97 Å². The number of carbonyl (C=O) groups is 1. The maximum atomic E-state index is 10.8. The second-order valence-corrected chi connectivity index (χ2v) is 3.56. The number of benzene rings is 1. The van der Waals surface area contributed by atoms with Gasteiger partial charge in [-0.05, 0) is 36.4 Å². The van der Waals surface area contributed by atoms with Gasteiger partial charge in [-0.3, -0.25) is 0 Å². The zero-order valence-electron chi connectivity index (χ0n) is 7.70. The van der Waals surface area contributed by atoms with Gasteiger partial charge >= 0.3 is 5.97 Å². The molecule has 0 fully saturated rings. The van der Waals surface area contributed by atoms with Crippen molar-refractivity contribution in [2.45, 2.75) is 18.2 Å². The van der Waals surface area contributed by atoms with Gasteiger partial charge in [-0.15, -0.1) is 11.8 Å². The molecule has 1 N–H and O–H groups in total. The van der Waals surface area contributed by atoms with Gasteiger partial charge in [-0.25, -0.2) is 4.79 Å². The van der Waals surface area contributed by atoms with Crippen molar-refractivity contribution >= 4 is 17.7 Å². The Kier molecular flexibility index (Phi) is 3.37. The number of hydrogen-bond acceptors (Lipinski definition) is 2. The van der Waals surface area contributed by atoms with Gasteiger partial charge < -0.3 is 5.11 Å². The molecule has 0 heterocycles. The van der Waals surface area contributed by atoms with E-state index in [2.05, 4.69) is 0 Å². The molecule has 2 nitrogen and oxygen atoms in total. The van der Waals surface area contributed by atoms with Gasteiger partial charge in [-0.2, -0.15) is 0 Å². The van der Waals surface area contributed by atoms with Gasteiger partial charge in [0.2, 0.25) is 0 Å². The predicted molar refractivity (Wildman–Crippen MR) is 54.6 cm³/mol. The summed E-state index contributed by atoms with van der Waals surface area (Å²) in [5, 5.41) is 8.85. The summed E-state index contributed by atoms with van der Waals surface area (Å²) >= 11 is 1.63. The molecule has 0 atom stereocenters. The number of carboxylic acid groups (broad SMARTS) is 1. The van der Waals surface area contributed by atoms with Crippen LogP contribution >= 0.6 is 11.8 Å². The minimum absolute atomic E-state index is 0.417. The minimum Gasteiger partial charge on any atom is -0.478 e. The molecule has 0 radical (unpaired) electrons. The first-order valence-electron chi connectivity index (χ1n) is 4.09. The highest BCUT2D eigenvalue weighted by atomic mass is 32.2. The molecule has 3 heteroatoms. The molecule has 0 amide bonds. The Bertz CT molecular complexity index is 321. The van der Waals surface area contributed by atoms with E-state index in [1.165, 1.54) is 0 Å². The highest BCUT2D eigenvalue weighted by molar-refractivity contribution is 7.98. The number of hydrogen-bond donors (Lipinski definition) is 1. The standard InChI is InChI=1S/C10H12O2S/c1-3-7-6-8(13-2)4-5-9(7)10(11)12/h4-6H,3H2,1-2H3,(H,11,12). The third-order valence-corrected chi connectivity index (χ3v) is 2.65. The molecule has 0 saturated carbocycles. The molecule has 0 aliphatic heterocycles. The average molecular weight is 196 g/mol. The third-order valence-electron chi connectivity index (χ3n) is 1.92. The molecular formula is C10H12O2S. The Hall–Kier alpha value is -0.960. The zero-order valence-corrected chi connectivity index (χ0v) is 8.52. The second kappa shape index (κ2) is 4.33. The SMILES string of the molecule is CCc1cc(SC)ccc1C(=O)O. The number of aromatic carboxylic acids is 1. The second-order valence-electron chi connectivity index (χ2n) is 2.68. The summed E-state index contributed by atoms with van der Waals surface area (Å²) in [6.45, 7) is 1.96. The molecule has 1 aromatic rings. The number of aryl methyl sites for hydroxylation is 1. The highest BCUT2D eigenvalue weighted by Crippen LogP contribution is 2.19. The Balaban J connectivity index is 3.15. The topological polar surface area (TPSA) is 37.3 Å². The van der Waals surface area contributed by atoms with Crippen molar-refractivity contribution in [2.24, 2.45) is 0 Å². The molecule has 0 spiro atoms. The van der Waals surface area contributed by atoms with Crippen LogP contribution in [0, 0.1) is 0 Å². The van der Waals surface area contributed by atoms with Crippen molar-refractivity contribution in [1.82, 2.24) is 0 Å². The van der Waals surface area contributed by atoms with E-state index in [9.17, 15) is 4.79 Å². The van der Waals surface area contributed by atoms with Crippen LogP contribution in [0.1, 0.15) is 22.8 Å². The van der Waals surface area contributed by atoms with Crippen molar-refractivity contribution in [1.29, 1.82) is 0 Å².